The maximum absolute atomic E-state index is 14.2. The molecular weight excluding hydrogens is 265 g/mol. The van der Waals surface area contributed by atoms with Gasteiger partial charge >= 0.3 is 0 Å². The molecule has 1 aliphatic rings. The molecule has 118 valence electrons. The van der Waals surface area contributed by atoms with E-state index in [4.69, 9.17) is 0 Å². The van der Waals surface area contributed by atoms with E-state index < -0.39 is 0 Å². The van der Waals surface area contributed by atoms with Gasteiger partial charge in [-0.15, -0.1) is 0 Å². The van der Waals surface area contributed by atoms with Crippen LogP contribution in [0.5, 0.6) is 0 Å². The van der Waals surface area contributed by atoms with Crippen LogP contribution in [0.15, 0.2) is 18.2 Å². The van der Waals surface area contributed by atoms with Crippen molar-refractivity contribution in [1.29, 1.82) is 0 Å². The molecule has 1 aromatic carbocycles. The Morgan fingerprint density at radius 3 is 2.71 bits per heavy atom. The highest BCUT2D eigenvalue weighted by molar-refractivity contribution is 5.55. The second-order valence-electron chi connectivity index (χ2n) is 5.92. The molecule has 4 heteroatoms. The standard InChI is InChI=1S/C17H28FN3/c1-4-19-14(2)17-15(18)8-7-9-16(17)20(3)12-13-21-10-5-6-11-21/h7-9,14,19H,4-6,10-13H2,1-3H3. The summed E-state index contributed by atoms with van der Waals surface area (Å²) < 4.78 is 14.2. The Labute approximate surface area is 128 Å². The van der Waals surface area contributed by atoms with Crippen LogP contribution in [0.2, 0.25) is 0 Å². The van der Waals surface area contributed by atoms with E-state index in [9.17, 15) is 4.39 Å². The van der Waals surface area contributed by atoms with Crippen LogP contribution in [0, 0.1) is 5.82 Å². The zero-order valence-corrected chi connectivity index (χ0v) is 13.5. The molecule has 1 N–H and O–H groups in total. The second-order valence-corrected chi connectivity index (χ2v) is 5.92. The van der Waals surface area contributed by atoms with Gasteiger partial charge in [0.1, 0.15) is 5.82 Å². The average Bonchev–Trinajstić information content (AvgIpc) is 2.98. The molecule has 0 bridgehead atoms. The van der Waals surface area contributed by atoms with Crippen LogP contribution >= 0.6 is 0 Å². The first-order valence-electron chi connectivity index (χ1n) is 8.08. The van der Waals surface area contributed by atoms with Gasteiger partial charge in [0, 0.05) is 37.4 Å². The van der Waals surface area contributed by atoms with Gasteiger partial charge in [-0.25, -0.2) is 4.39 Å². The van der Waals surface area contributed by atoms with Crippen molar-refractivity contribution in [2.45, 2.75) is 32.7 Å². The van der Waals surface area contributed by atoms with Gasteiger partial charge in [-0.1, -0.05) is 13.0 Å². The highest BCUT2D eigenvalue weighted by Gasteiger charge is 2.18. The Hall–Kier alpha value is -1.13. The SMILES string of the molecule is CCNC(C)c1c(F)cccc1N(C)CCN1CCCC1. The van der Waals surface area contributed by atoms with Crippen LogP contribution in [0.1, 0.15) is 38.3 Å². The Morgan fingerprint density at radius 1 is 1.33 bits per heavy atom. The Balaban J connectivity index is 2.07. The number of likely N-dealkylation sites (N-methyl/N-ethyl adjacent to an activating group) is 1. The van der Waals surface area contributed by atoms with Crippen LogP contribution in [-0.4, -0.2) is 44.7 Å². The molecule has 0 saturated carbocycles. The molecule has 2 rings (SSSR count). The number of likely N-dealkylation sites (tertiary alicyclic amines) is 1. The molecule has 0 amide bonds. The third kappa shape index (κ3) is 4.17. The first kappa shape index (κ1) is 16.2. The van der Waals surface area contributed by atoms with E-state index in [-0.39, 0.29) is 11.9 Å². The summed E-state index contributed by atoms with van der Waals surface area (Å²) in [5.41, 5.74) is 1.78. The van der Waals surface area contributed by atoms with Gasteiger partial charge in [0.15, 0.2) is 0 Å². The predicted molar refractivity (Wildman–Crippen MR) is 87.4 cm³/mol. The summed E-state index contributed by atoms with van der Waals surface area (Å²) in [7, 11) is 2.06. The van der Waals surface area contributed by atoms with Crippen LogP contribution in [0.25, 0.3) is 0 Å². The smallest absolute Gasteiger partial charge is 0.130 e. The molecule has 1 aromatic rings. The van der Waals surface area contributed by atoms with Crippen molar-refractivity contribution in [3.63, 3.8) is 0 Å². The monoisotopic (exact) mass is 293 g/mol. The minimum absolute atomic E-state index is 0.0282. The van der Waals surface area contributed by atoms with E-state index in [1.54, 1.807) is 12.1 Å². The van der Waals surface area contributed by atoms with Crippen molar-refractivity contribution in [3.05, 3.63) is 29.6 Å². The van der Waals surface area contributed by atoms with Gasteiger partial charge in [0.2, 0.25) is 0 Å². The van der Waals surface area contributed by atoms with Crippen LogP contribution in [0.4, 0.5) is 10.1 Å². The molecule has 0 spiro atoms. The third-order valence-electron chi connectivity index (χ3n) is 4.33. The van der Waals surface area contributed by atoms with Crippen molar-refractivity contribution < 1.29 is 4.39 Å². The summed E-state index contributed by atoms with van der Waals surface area (Å²) in [6, 6.07) is 5.41. The minimum Gasteiger partial charge on any atom is -0.373 e. The molecule has 1 aliphatic heterocycles. The number of halogens is 1. The molecule has 1 unspecified atom stereocenters. The van der Waals surface area contributed by atoms with Crippen LogP contribution in [-0.2, 0) is 0 Å². The van der Waals surface area contributed by atoms with Crippen molar-refractivity contribution in [1.82, 2.24) is 10.2 Å². The van der Waals surface area contributed by atoms with E-state index in [1.807, 2.05) is 19.9 Å². The van der Waals surface area contributed by atoms with Crippen molar-refractivity contribution in [2.75, 3.05) is 44.7 Å². The number of hydrogen-bond donors (Lipinski definition) is 1. The molecule has 1 fully saturated rings. The summed E-state index contributed by atoms with van der Waals surface area (Å²) in [5.74, 6) is -0.117. The first-order chi connectivity index (χ1) is 10.1. The fourth-order valence-electron chi connectivity index (χ4n) is 3.11. The molecule has 0 aliphatic carbocycles. The lowest BCUT2D eigenvalue weighted by Crippen LogP contribution is -2.32. The lowest BCUT2D eigenvalue weighted by molar-refractivity contribution is 0.346. The van der Waals surface area contributed by atoms with Gasteiger partial charge in [0.25, 0.3) is 0 Å². The summed E-state index contributed by atoms with van der Waals surface area (Å²) in [4.78, 5) is 4.67. The first-order valence-corrected chi connectivity index (χ1v) is 8.08. The van der Waals surface area contributed by atoms with Crippen LogP contribution in [0.3, 0.4) is 0 Å². The molecule has 3 nitrogen and oxygen atoms in total. The number of rotatable bonds is 7. The fourth-order valence-corrected chi connectivity index (χ4v) is 3.11. The molecule has 1 saturated heterocycles. The van der Waals surface area contributed by atoms with Gasteiger partial charge in [0.05, 0.1) is 0 Å². The number of hydrogen-bond acceptors (Lipinski definition) is 3. The molecule has 21 heavy (non-hydrogen) atoms. The molecule has 1 atom stereocenters. The fraction of sp³-hybridized carbons (Fsp3) is 0.647. The Kier molecular flexibility index (Phi) is 6.00. The van der Waals surface area contributed by atoms with Crippen LogP contribution < -0.4 is 10.2 Å². The maximum Gasteiger partial charge on any atom is 0.130 e. The summed E-state index contributed by atoms with van der Waals surface area (Å²) in [6.07, 6.45) is 2.62. The quantitative estimate of drug-likeness (QED) is 0.833. The van der Waals surface area contributed by atoms with Gasteiger partial charge in [-0.3, -0.25) is 0 Å². The number of anilines is 1. The van der Waals surface area contributed by atoms with E-state index in [1.165, 1.54) is 25.9 Å². The summed E-state index contributed by atoms with van der Waals surface area (Å²) >= 11 is 0. The molecule has 0 radical (unpaired) electrons. The zero-order valence-electron chi connectivity index (χ0n) is 13.5. The van der Waals surface area contributed by atoms with E-state index in [2.05, 4.69) is 22.2 Å². The van der Waals surface area contributed by atoms with Crippen molar-refractivity contribution in [3.8, 4) is 0 Å². The minimum atomic E-state index is -0.117. The van der Waals surface area contributed by atoms with Crippen molar-refractivity contribution in [2.24, 2.45) is 0 Å². The zero-order chi connectivity index (χ0) is 15.2. The maximum atomic E-state index is 14.2. The van der Waals surface area contributed by atoms with Crippen molar-refractivity contribution >= 4 is 5.69 Å². The number of nitrogens with zero attached hydrogens (tertiary/aromatic N) is 2. The van der Waals surface area contributed by atoms with Gasteiger partial charge in [-0.2, -0.15) is 0 Å². The Bertz CT molecular complexity index is 444. The topological polar surface area (TPSA) is 18.5 Å². The summed E-state index contributed by atoms with van der Waals surface area (Å²) in [5, 5.41) is 3.32. The lowest BCUT2D eigenvalue weighted by Gasteiger charge is -2.27. The Morgan fingerprint density at radius 2 is 2.05 bits per heavy atom. The number of benzene rings is 1. The lowest BCUT2D eigenvalue weighted by atomic mass is 10.0. The van der Waals surface area contributed by atoms with E-state index >= 15 is 0 Å². The van der Waals surface area contributed by atoms with Gasteiger partial charge < -0.3 is 15.1 Å². The average molecular weight is 293 g/mol. The number of nitrogens with one attached hydrogen (secondary N) is 1. The second kappa shape index (κ2) is 7.76. The highest BCUT2D eigenvalue weighted by Crippen LogP contribution is 2.28. The largest absolute Gasteiger partial charge is 0.373 e. The van der Waals surface area contributed by atoms with E-state index in [0.717, 1.165) is 30.9 Å². The molecule has 0 aromatic heterocycles. The normalized spacial score (nSPS) is 17.1. The highest BCUT2D eigenvalue weighted by atomic mass is 19.1. The summed E-state index contributed by atoms with van der Waals surface area (Å²) in [6.45, 7) is 9.33. The molecule has 1 heterocycles. The molecular formula is C17H28FN3. The third-order valence-corrected chi connectivity index (χ3v) is 4.33. The van der Waals surface area contributed by atoms with E-state index in [0.29, 0.717) is 0 Å². The predicted octanol–water partition coefficient (Wildman–Crippen LogP) is 3.03. The van der Waals surface area contributed by atoms with Gasteiger partial charge in [-0.05, 0) is 51.5 Å².